The lowest BCUT2D eigenvalue weighted by molar-refractivity contribution is -0.138. The molecule has 1 rings (SSSR count). The lowest BCUT2D eigenvalue weighted by Crippen LogP contribution is -2.16. The van der Waals surface area contributed by atoms with E-state index < -0.39 is 29.3 Å². The van der Waals surface area contributed by atoms with Crippen LogP contribution in [-0.2, 0) is 20.9 Å². The Labute approximate surface area is 103 Å². The molecule has 0 amide bonds. The number of carbonyl (C=O) groups excluding carboxylic acids is 2. The minimum atomic E-state index is -1.02. The second-order valence-electron chi connectivity index (χ2n) is 3.87. The van der Waals surface area contributed by atoms with E-state index >= 15 is 0 Å². The molecular weight excluding hydrogens is 246 g/mol. The highest BCUT2D eigenvalue weighted by Gasteiger charge is 2.18. The summed E-state index contributed by atoms with van der Waals surface area (Å²) < 4.78 is 36.0. The molecule has 18 heavy (non-hydrogen) atoms. The Kier molecular flexibility index (Phi) is 4.76. The molecule has 0 fully saturated rings. The molecule has 0 aromatic heterocycles. The number of benzene rings is 1. The van der Waals surface area contributed by atoms with Gasteiger partial charge in [-0.25, -0.2) is 8.78 Å². The highest BCUT2D eigenvalue weighted by atomic mass is 19.1. The van der Waals surface area contributed by atoms with Gasteiger partial charge in [0.15, 0.2) is 11.6 Å². The number of esters is 1. The van der Waals surface area contributed by atoms with Gasteiger partial charge in [-0.05, 0) is 17.7 Å². The van der Waals surface area contributed by atoms with Gasteiger partial charge in [0.2, 0.25) is 5.75 Å². The van der Waals surface area contributed by atoms with Gasteiger partial charge in [0.1, 0.15) is 6.61 Å². The van der Waals surface area contributed by atoms with Gasteiger partial charge in [0, 0.05) is 0 Å². The number of hydrogen-bond donors (Lipinski definition) is 0. The van der Waals surface area contributed by atoms with Gasteiger partial charge in [-0.3, -0.25) is 9.59 Å². The van der Waals surface area contributed by atoms with Crippen molar-refractivity contribution in [2.45, 2.75) is 20.5 Å². The number of rotatable bonds is 5. The second-order valence-corrected chi connectivity index (χ2v) is 3.87. The molecule has 0 aliphatic rings. The standard InChI is InChI=1S/C12H12F2O4/c1-7(2)12(16)18-11-9(13)3-8(4-10(11)14)5-17-6-15/h3-4,6-7H,5H2,1-2H3. The van der Waals surface area contributed by atoms with E-state index in [-0.39, 0.29) is 18.6 Å². The van der Waals surface area contributed by atoms with E-state index in [2.05, 4.69) is 9.47 Å². The number of ether oxygens (including phenoxy) is 2. The van der Waals surface area contributed by atoms with E-state index in [1.54, 1.807) is 13.8 Å². The van der Waals surface area contributed by atoms with Gasteiger partial charge in [-0.1, -0.05) is 13.8 Å². The van der Waals surface area contributed by atoms with Crippen LogP contribution in [0.2, 0.25) is 0 Å². The fourth-order valence-electron chi connectivity index (χ4n) is 1.14. The van der Waals surface area contributed by atoms with Crippen molar-refractivity contribution in [3.05, 3.63) is 29.3 Å². The van der Waals surface area contributed by atoms with Crippen LogP contribution in [0.3, 0.4) is 0 Å². The summed E-state index contributed by atoms with van der Waals surface area (Å²) in [6.45, 7) is 3.01. The zero-order valence-corrected chi connectivity index (χ0v) is 9.91. The summed E-state index contributed by atoms with van der Waals surface area (Å²) in [5, 5.41) is 0. The molecule has 1 aromatic rings. The Morgan fingerprint density at radius 1 is 1.33 bits per heavy atom. The predicted molar refractivity (Wildman–Crippen MR) is 57.7 cm³/mol. The minimum absolute atomic E-state index is 0.126. The van der Waals surface area contributed by atoms with Crippen LogP contribution in [0.25, 0.3) is 0 Å². The SMILES string of the molecule is CC(C)C(=O)Oc1c(F)cc(COC=O)cc1F. The van der Waals surface area contributed by atoms with Crippen LogP contribution in [0.1, 0.15) is 19.4 Å². The van der Waals surface area contributed by atoms with Crippen LogP contribution in [0, 0.1) is 17.6 Å². The molecule has 0 heterocycles. The summed E-state index contributed by atoms with van der Waals surface area (Å²) in [7, 11) is 0. The maximum absolute atomic E-state index is 13.5. The average molecular weight is 258 g/mol. The topological polar surface area (TPSA) is 52.6 Å². The molecule has 0 atom stereocenters. The van der Waals surface area contributed by atoms with Crippen LogP contribution in [0.5, 0.6) is 5.75 Å². The molecule has 0 aliphatic carbocycles. The highest BCUT2D eigenvalue weighted by molar-refractivity contribution is 5.74. The number of carbonyl (C=O) groups is 2. The van der Waals surface area contributed by atoms with Gasteiger partial charge < -0.3 is 9.47 Å². The van der Waals surface area contributed by atoms with E-state index in [1.165, 1.54) is 0 Å². The van der Waals surface area contributed by atoms with Gasteiger partial charge in [0.05, 0.1) is 5.92 Å². The average Bonchev–Trinajstić information content (AvgIpc) is 2.30. The summed E-state index contributed by atoms with van der Waals surface area (Å²) in [5.41, 5.74) is 0.126. The summed E-state index contributed by atoms with van der Waals surface area (Å²) in [5.74, 6) is -4.02. The third kappa shape index (κ3) is 3.51. The molecule has 0 N–H and O–H groups in total. The van der Waals surface area contributed by atoms with Crippen molar-refractivity contribution in [1.29, 1.82) is 0 Å². The molecule has 0 aliphatic heterocycles. The van der Waals surface area contributed by atoms with Crippen molar-refractivity contribution in [3.8, 4) is 5.75 Å². The zero-order chi connectivity index (χ0) is 13.7. The maximum atomic E-state index is 13.5. The molecule has 98 valence electrons. The van der Waals surface area contributed by atoms with E-state index in [9.17, 15) is 18.4 Å². The first-order chi connectivity index (χ1) is 8.45. The first-order valence-electron chi connectivity index (χ1n) is 5.20. The number of hydrogen-bond acceptors (Lipinski definition) is 4. The maximum Gasteiger partial charge on any atom is 0.313 e. The molecule has 6 heteroatoms. The minimum Gasteiger partial charge on any atom is -0.463 e. The van der Waals surface area contributed by atoms with Gasteiger partial charge in [-0.15, -0.1) is 0 Å². The fourth-order valence-corrected chi connectivity index (χ4v) is 1.14. The van der Waals surface area contributed by atoms with Crippen molar-refractivity contribution in [2.24, 2.45) is 5.92 Å². The molecule has 0 saturated heterocycles. The Balaban J connectivity index is 2.94. The largest absolute Gasteiger partial charge is 0.463 e. The molecule has 0 radical (unpaired) electrons. The Morgan fingerprint density at radius 3 is 2.33 bits per heavy atom. The van der Waals surface area contributed by atoms with Crippen molar-refractivity contribution < 1.29 is 27.8 Å². The van der Waals surface area contributed by atoms with Crippen molar-refractivity contribution in [3.63, 3.8) is 0 Å². The Morgan fingerprint density at radius 2 is 1.89 bits per heavy atom. The Hall–Kier alpha value is -1.98. The van der Waals surface area contributed by atoms with Crippen LogP contribution in [0.4, 0.5) is 8.78 Å². The Bertz CT molecular complexity index is 434. The fraction of sp³-hybridized carbons (Fsp3) is 0.333. The van der Waals surface area contributed by atoms with Crippen molar-refractivity contribution in [2.75, 3.05) is 0 Å². The first-order valence-corrected chi connectivity index (χ1v) is 5.20. The highest BCUT2D eigenvalue weighted by Crippen LogP contribution is 2.24. The van der Waals surface area contributed by atoms with Crippen LogP contribution in [0.15, 0.2) is 12.1 Å². The van der Waals surface area contributed by atoms with E-state index in [0.29, 0.717) is 0 Å². The molecule has 0 bridgehead atoms. The quantitative estimate of drug-likeness (QED) is 0.461. The first kappa shape index (κ1) is 14.1. The van der Waals surface area contributed by atoms with Crippen LogP contribution < -0.4 is 4.74 Å². The normalized spacial score (nSPS) is 10.3. The van der Waals surface area contributed by atoms with Gasteiger partial charge in [-0.2, -0.15) is 0 Å². The van der Waals surface area contributed by atoms with E-state index in [4.69, 9.17) is 0 Å². The molecule has 0 unspecified atom stereocenters. The van der Waals surface area contributed by atoms with E-state index in [1.807, 2.05) is 0 Å². The lowest BCUT2D eigenvalue weighted by atomic mass is 10.2. The third-order valence-corrected chi connectivity index (χ3v) is 2.05. The van der Waals surface area contributed by atoms with Crippen LogP contribution in [-0.4, -0.2) is 12.4 Å². The van der Waals surface area contributed by atoms with E-state index in [0.717, 1.165) is 12.1 Å². The molecule has 0 saturated carbocycles. The molecule has 0 spiro atoms. The molecular formula is C12H12F2O4. The summed E-state index contributed by atoms with van der Waals surface area (Å²) in [4.78, 5) is 21.2. The number of halogens is 2. The molecule has 4 nitrogen and oxygen atoms in total. The van der Waals surface area contributed by atoms with Crippen molar-refractivity contribution in [1.82, 2.24) is 0 Å². The summed E-state index contributed by atoms with van der Waals surface area (Å²) in [6.07, 6.45) is 0. The smallest absolute Gasteiger partial charge is 0.313 e. The second kappa shape index (κ2) is 6.09. The van der Waals surface area contributed by atoms with Crippen LogP contribution >= 0.6 is 0 Å². The lowest BCUT2D eigenvalue weighted by Gasteiger charge is -2.09. The van der Waals surface area contributed by atoms with Gasteiger partial charge >= 0.3 is 5.97 Å². The molecule has 1 aromatic carbocycles. The van der Waals surface area contributed by atoms with Crippen molar-refractivity contribution >= 4 is 12.4 Å². The monoisotopic (exact) mass is 258 g/mol. The predicted octanol–water partition coefficient (Wildman–Crippen LogP) is 2.20. The third-order valence-electron chi connectivity index (χ3n) is 2.05. The summed E-state index contributed by atoms with van der Waals surface area (Å²) >= 11 is 0. The summed E-state index contributed by atoms with van der Waals surface area (Å²) in [6, 6.07) is 1.88. The zero-order valence-electron chi connectivity index (χ0n) is 9.91. The van der Waals surface area contributed by atoms with Gasteiger partial charge in [0.25, 0.3) is 6.47 Å².